The Morgan fingerprint density at radius 1 is 0.833 bits per heavy atom. The van der Waals surface area contributed by atoms with Crippen molar-refractivity contribution in [1.82, 2.24) is 4.98 Å². The predicted molar refractivity (Wildman–Crippen MR) is 114 cm³/mol. The van der Waals surface area contributed by atoms with E-state index in [2.05, 4.69) is 15.6 Å². The maximum absolute atomic E-state index is 12.8. The van der Waals surface area contributed by atoms with Crippen molar-refractivity contribution in [1.29, 1.82) is 0 Å². The zero-order chi connectivity index (χ0) is 21.9. The molecule has 154 valence electrons. The monoisotopic (exact) mass is 423 g/mol. The molecule has 3 aromatic rings. The number of benzene rings is 2. The van der Waals surface area contributed by atoms with Crippen LogP contribution in [0.15, 0.2) is 70.7 Å². The van der Waals surface area contributed by atoms with Crippen LogP contribution in [0.5, 0.6) is 0 Å². The summed E-state index contributed by atoms with van der Waals surface area (Å²) in [5, 5.41) is 5.22. The number of hydrogen-bond donors (Lipinski definition) is 2. The van der Waals surface area contributed by atoms with E-state index in [1.165, 1.54) is 25.3 Å². The third-order valence-electron chi connectivity index (χ3n) is 4.53. The number of nitrogens with one attached hydrogen (secondary N) is 2. The van der Waals surface area contributed by atoms with Crippen molar-refractivity contribution in [3.05, 3.63) is 77.5 Å². The van der Waals surface area contributed by atoms with Crippen LogP contribution < -0.4 is 10.6 Å². The molecule has 8 heteroatoms. The third kappa shape index (κ3) is 4.72. The molecule has 0 unspecified atom stereocenters. The second-order valence-electron chi connectivity index (χ2n) is 6.85. The highest BCUT2D eigenvalue weighted by Crippen LogP contribution is 2.22. The minimum atomic E-state index is -3.77. The smallest absolute Gasteiger partial charge is 0.257 e. The minimum absolute atomic E-state index is 0.123. The number of hydrogen-bond acceptors (Lipinski definition) is 5. The van der Waals surface area contributed by atoms with Gasteiger partial charge >= 0.3 is 0 Å². The zero-order valence-corrected chi connectivity index (χ0v) is 17.6. The molecule has 0 aliphatic rings. The largest absolute Gasteiger partial charge is 0.326 e. The van der Waals surface area contributed by atoms with E-state index in [0.29, 0.717) is 11.4 Å². The number of sulfone groups is 1. The van der Waals surface area contributed by atoms with Gasteiger partial charge in [0.25, 0.3) is 5.91 Å². The molecule has 0 aliphatic heterocycles. The van der Waals surface area contributed by atoms with Crippen molar-refractivity contribution in [3.63, 3.8) is 0 Å². The summed E-state index contributed by atoms with van der Waals surface area (Å²) < 4.78 is 25.6. The highest BCUT2D eigenvalue weighted by atomic mass is 32.2. The van der Waals surface area contributed by atoms with Gasteiger partial charge in [-0.2, -0.15) is 0 Å². The number of amides is 2. The molecule has 0 spiro atoms. The summed E-state index contributed by atoms with van der Waals surface area (Å²) in [6, 6.07) is 14.3. The van der Waals surface area contributed by atoms with Gasteiger partial charge in [-0.25, -0.2) is 13.4 Å². The van der Waals surface area contributed by atoms with Crippen molar-refractivity contribution in [2.75, 3.05) is 10.6 Å². The maximum atomic E-state index is 12.8. The van der Waals surface area contributed by atoms with Gasteiger partial charge in [0.15, 0.2) is 5.03 Å². The van der Waals surface area contributed by atoms with Crippen LogP contribution in [0.4, 0.5) is 11.4 Å². The normalized spacial score (nSPS) is 11.0. The van der Waals surface area contributed by atoms with Gasteiger partial charge in [0.1, 0.15) is 0 Å². The van der Waals surface area contributed by atoms with Crippen LogP contribution in [-0.4, -0.2) is 25.2 Å². The molecule has 2 N–H and O–H groups in total. The number of pyridine rings is 1. The number of carbonyl (C=O) groups is 2. The second kappa shape index (κ2) is 8.46. The first-order chi connectivity index (χ1) is 14.2. The molecule has 30 heavy (non-hydrogen) atoms. The van der Waals surface area contributed by atoms with E-state index in [1.807, 2.05) is 13.8 Å². The lowest BCUT2D eigenvalue weighted by Gasteiger charge is -2.09. The lowest BCUT2D eigenvalue weighted by Crippen LogP contribution is -2.13. The first-order valence-corrected chi connectivity index (χ1v) is 10.6. The summed E-state index contributed by atoms with van der Waals surface area (Å²) in [5.41, 5.74) is 3.24. The molecule has 3 rings (SSSR count). The van der Waals surface area contributed by atoms with E-state index in [1.54, 1.807) is 42.5 Å². The molecule has 2 aromatic carbocycles. The van der Waals surface area contributed by atoms with Crippen LogP contribution in [0.3, 0.4) is 0 Å². The molecule has 0 fully saturated rings. The Labute approximate surface area is 175 Å². The minimum Gasteiger partial charge on any atom is -0.326 e. The summed E-state index contributed by atoms with van der Waals surface area (Å²) in [6.07, 6.45) is 1.23. The number of anilines is 2. The maximum Gasteiger partial charge on any atom is 0.257 e. The SMILES string of the molecule is CC(=O)Nc1ccc(NC(=O)c2ccc(S(=O)(=O)c3ccc(C)c(C)c3)nc2)cc1. The summed E-state index contributed by atoms with van der Waals surface area (Å²) in [6.45, 7) is 5.16. The highest BCUT2D eigenvalue weighted by Gasteiger charge is 2.20. The number of aryl methyl sites for hydroxylation is 2. The average Bonchev–Trinajstić information content (AvgIpc) is 2.71. The van der Waals surface area contributed by atoms with Crippen LogP contribution in [0.2, 0.25) is 0 Å². The third-order valence-corrected chi connectivity index (χ3v) is 6.19. The van der Waals surface area contributed by atoms with Crippen molar-refractivity contribution in [3.8, 4) is 0 Å². The van der Waals surface area contributed by atoms with Gasteiger partial charge < -0.3 is 10.6 Å². The van der Waals surface area contributed by atoms with Crippen LogP contribution in [0.1, 0.15) is 28.4 Å². The molecule has 0 radical (unpaired) electrons. The van der Waals surface area contributed by atoms with Gasteiger partial charge in [-0.1, -0.05) is 6.07 Å². The van der Waals surface area contributed by atoms with Crippen LogP contribution in [0.25, 0.3) is 0 Å². The Morgan fingerprint density at radius 2 is 1.47 bits per heavy atom. The summed E-state index contributed by atoms with van der Waals surface area (Å²) in [7, 11) is -3.77. The van der Waals surface area contributed by atoms with Gasteiger partial charge in [-0.15, -0.1) is 0 Å². The number of rotatable bonds is 5. The fourth-order valence-electron chi connectivity index (χ4n) is 2.72. The van der Waals surface area contributed by atoms with Crippen molar-refractivity contribution < 1.29 is 18.0 Å². The molecular weight excluding hydrogens is 402 g/mol. The molecule has 1 heterocycles. The number of nitrogens with zero attached hydrogens (tertiary/aromatic N) is 1. The van der Waals surface area contributed by atoms with E-state index in [0.717, 1.165) is 11.1 Å². The van der Waals surface area contributed by atoms with Gasteiger partial charge in [0, 0.05) is 24.5 Å². The molecule has 0 aliphatic carbocycles. The number of aromatic nitrogens is 1. The fourth-order valence-corrected chi connectivity index (χ4v) is 3.98. The number of carbonyl (C=O) groups excluding carboxylic acids is 2. The summed E-state index contributed by atoms with van der Waals surface area (Å²) in [5.74, 6) is -0.612. The van der Waals surface area contributed by atoms with Crippen molar-refractivity contribution >= 4 is 33.0 Å². The second-order valence-corrected chi connectivity index (χ2v) is 8.74. The Hall–Kier alpha value is -3.52. The van der Waals surface area contributed by atoms with Crippen molar-refractivity contribution in [2.45, 2.75) is 30.7 Å². The van der Waals surface area contributed by atoms with E-state index < -0.39 is 15.7 Å². The fraction of sp³-hybridized carbons (Fsp3) is 0.136. The lowest BCUT2D eigenvalue weighted by molar-refractivity contribution is -0.114. The quantitative estimate of drug-likeness (QED) is 0.650. The molecule has 0 saturated carbocycles. The Bertz CT molecular complexity index is 1200. The lowest BCUT2D eigenvalue weighted by atomic mass is 10.1. The standard InChI is InChI=1S/C22H21N3O4S/c1-14-4-10-20(12-15(14)2)30(28,29)21-11-5-17(13-23-21)22(27)25-19-8-6-18(7-9-19)24-16(3)26/h4-13H,1-3H3,(H,24,26)(H,25,27). The van der Waals surface area contributed by atoms with Gasteiger partial charge in [0.2, 0.25) is 15.7 Å². The average molecular weight is 423 g/mol. The van der Waals surface area contributed by atoms with E-state index >= 15 is 0 Å². The zero-order valence-electron chi connectivity index (χ0n) is 16.8. The van der Waals surface area contributed by atoms with Crippen molar-refractivity contribution in [2.24, 2.45) is 0 Å². The van der Waals surface area contributed by atoms with Crippen LogP contribution >= 0.6 is 0 Å². The predicted octanol–water partition coefficient (Wildman–Crippen LogP) is 3.74. The summed E-state index contributed by atoms with van der Waals surface area (Å²) >= 11 is 0. The molecule has 7 nitrogen and oxygen atoms in total. The molecule has 0 bridgehead atoms. The highest BCUT2D eigenvalue weighted by molar-refractivity contribution is 7.91. The molecule has 0 saturated heterocycles. The molecule has 1 aromatic heterocycles. The van der Waals surface area contributed by atoms with Gasteiger partial charge in [-0.05, 0) is 73.5 Å². The molecular formula is C22H21N3O4S. The topological polar surface area (TPSA) is 105 Å². The first kappa shape index (κ1) is 21.2. The van der Waals surface area contributed by atoms with Gasteiger partial charge in [-0.3, -0.25) is 9.59 Å². The van der Waals surface area contributed by atoms with E-state index in [9.17, 15) is 18.0 Å². The molecule has 2 amide bonds. The molecule has 0 atom stereocenters. The Kier molecular flexibility index (Phi) is 5.98. The summed E-state index contributed by atoms with van der Waals surface area (Å²) in [4.78, 5) is 27.6. The van der Waals surface area contributed by atoms with Crippen LogP contribution in [0, 0.1) is 13.8 Å². The van der Waals surface area contributed by atoms with E-state index in [4.69, 9.17) is 0 Å². The first-order valence-electron chi connectivity index (χ1n) is 9.14. The van der Waals surface area contributed by atoms with E-state index in [-0.39, 0.29) is 21.4 Å². The van der Waals surface area contributed by atoms with Crippen LogP contribution in [-0.2, 0) is 14.6 Å². The van der Waals surface area contributed by atoms with Gasteiger partial charge in [0.05, 0.1) is 10.5 Å². The Balaban J connectivity index is 1.75. The Morgan fingerprint density at radius 3 is 2.00 bits per heavy atom.